The Kier molecular flexibility index (Phi) is 5.09. The van der Waals surface area contributed by atoms with E-state index in [-0.39, 0.29) is 11.0 Å². The van der Waals surface area contributed by atoms with Crippen LogP contribution in [0.3, 0.4) is 0 Å². The van der Waals surface area contributed by atoms with Gasteiger partial charge in [0, 0.05) is 6.42 Å². The Balaban J connectivity index is 0.000000200. The molecule has 19 heavy (non-hydrogen) atoms. The molecule has 0 amide bonds. The molecular weight excluding hydrogens is 266 g/mol. The van der Waals surface area contributed by atoms with Gasteiger partial charge in [0.15, 0.2) is 0 Å². The molecule has 0 aromatic heterocycles. The van der Waals surface area contributed by atoms with Gasteiger partial charge < -0.3 is 14.1 Å². The van der Waals surface area contributed by atoms with Gasteiger partial charge in [-0.3, -0.25) is 0 Å². The van der Waals surface area contributed by atoms with E-state index in [2.05, 4.69) is 14.1 Å². The molecule has 0 radical (unpaired) electrons. The molecule has 108 valence electrons. The number of rotatable bonds is 1. The average molecular weight is 287 g/mol. The molecule has 0 bridgehead atoms. The second-order valence-electron chi connectivity index (χ2n) is 5.50. The van der Waals surface area contributed by atoms with Crippen molar-refractivity contribution in [3.63, 3.8) is 0 Å². The lowest BCUT2D eigenvalue weighted by molar-refractivity contribution is -0.879. The number of hydrogen-bond donors (Lipinski definition) is 1. The Bertz CT molecular complexity index is 525. The van der Waals surface area contributed by atoms with Gasteiger partial charge in [0.25, 0.3) is 0 Å². The zero-order valence-electron chi connectivity index (χ0n) is 11.5. The Morgan fingerprint density at radius 2 is 1.89 bits per heavy atom. The van der Waals surface area contributed by atoms with E-state index < -0.39 is 10.1 Å². The molecule has 0 saturated carbocycles. The van der Waals surface area contributed by atoms with E-state index in [1.54, 1.807) is 19.1 Å². The maximum Gasteiger partial charge on any atom is 0.124 e. The number of aliphatic hydroxyl groups is 1. The molecule has 1 N–H and O–H groups in total. The van der Waals surface area contributed by atoms with E-state index >= 15 is 0 Å². The van der Waals surface area contributed by atoms with Gasteiger partial charge in [-0.2, -0.15) is 0 Å². The molecule has 6 heteroatoms. The first kappa shape index (κ1) is 16.1. The van der Waals surface area contributed by atoms with E-state index in [0.29, 0.717) is 5.56 Å². The molecule has 0 aliphatic carbocycles. The van der Waals surface area contributed by atoms with Crippen molar-refractivity contribution in [2.75, 3.05) is 27.2 Å². The third kappa shape index (κ3) is 5.28. The molecule has 1 aliphatic heterocycles. The van der Waals surface area contributed by atoms with Crippen molar-refractivity contribution in [2.45, 2.75) is 24.3 Å². The van der Waals surface area contributed by atoms with Crippen LogP contribution >= 0.6 is 0 Å². The number of aliphatic hydroxyl groups excluding tert-OH is 1. The summed E-state index contributed by atoms with van der Waals surface area (Å²) in [6.07, 6.45) is 0.942. The summed E-state index contributed by atoms with van der Waals surface area (Å²) in [5.74, 6) is 0. The second kappa shape index (κ2) is 6.00. The van der Waals surface area contributed by atoms with E-state index in [4.69, 9.17) is 5.11 Å². The van der Waals surface area contributed by atoms with E-state index in [1.165, 1.54) is 12.1 Å². The fourth-order valence-electron chi connectivity index (χ4n) is 2.09. The van der Waals surface area contributed by atoms with Gasteiger partial charge in [-0.1, -0.05) is 18.2 Å². The number of benzene rings is 1. The van der Waals surface area contributed by atoms with Gasteiger partial charge in [-0.05, 0) is 18.6 Å². The highest BCUT2D eigenvalue weighted by atomic mass is 32.2. The fraction of sp³-hybridized carbons (Fsp3) is 0.538. The Hall–Kier alpha value is -0.950. The molecule has 1 aromatic carbocycles. The van der Waals surface area contributed by atoms with Gasteiger partial charge in [0.1, 0.15) is 22.8 Å². The minimum atomic E-state index is -4.28. The smallest absolute Gasteiger partial charge is 0.124 e. The molecule has 2 rings (SSSR count). The number of likely N-dealkylation sites (N-methyl/N-ethyl adjacent to an activating group) is 1. The van der Waals surface area contributed by atoms with Crippen molar-refractivity contribution in [3.05, 3.63) is 29.8 Å². The highest BCUT2D eigenvalue weighted by Gasteiger charge is 2.28. The molecule has 1 aliphatic rings. The van der Waals surface area contributed by atoms with E-state index in [9.17, 15) is 13.0 Å². The highest BCUT2D eigenvalue weighted by Crippen LogP contribution is 2.13. The van der Waals surface area contributed by atoms with Gasteiger partial charge in [-0.25, -0.2) is 8.42 Å². The van der Waals surface area contributed by atoms with Crippen molar-refractivity contribution in [1.82, 2.24) is 0 Å². The van der Waals surface area contributed by atoms with Crippen molar-refractivity contribution in [3.8, 4) is 0 Å². The minimum Gasteiger partial charge on any atom is -0.744 e. The molecule has 1 unspecified atom stereocenters. The van der Waals surface area contributed by atoms with Crippen LogP contribution in [0.5, 0.6) is 0 Å². The number of hydrogen-bond acceptors (Lipinski definition) is 4. The SMILES string of the molecule is C[N+]1(C)CCC(O)C1.Cc1ccccc1S(=O)(=O)[O-]. The number of likely N-dealkylation sites (tertiary alicyclic amines) is 1. The largest absolute Gasteiger partial charge is 0.744 e. The van der Waals surface area contributed by atoms with Crippen LogP contribution in [-0.4, -0.2) is 55.8 Å². The molecule has 0 spiro atoms. The molecule has 1 heterocycles. The average Bonchev–Trinajstić information content (AvgIpc) is 2.56. The maximum absolute atomic E-state index is 10.5. The van der Waals surface area contributed by atoms with Crippen molar-refractivity contribution >= 4 is 10.1 Å². The molecule has 1 saturated heterocycles. The second-order valence-corrected chi connectivity index (χ2v) is 6.85. The third-order valence-corrected chi connectivity index (χ3v) is 4.13. The summed E-state index contributed by atoms with van der Waals surface area (Å²) in [5, 5.41) is 9.05. The lowest BCUT2D eigenvalue weighted by atomic mass is 10.2. The summed E-state index contributed by atoms with van der Waals surface area (Å²) in [6, 6.07) is 6.10. The molecule has 1 aromatic rings. The summed E-state index contributed by atoms with van der Waals surface area (Å²) >= 11 is 0. The van der Waals surface area contributed by atoms with Crippen molar-refractivity contribution < 1.29 is 22.6 Å². The summed E-state index contributed by atoms with van der Waals surface area (Å²) in [6.45, 7) is 3.64. The number of quaternary nitrogens is 1. The Morgan fingerprint density at radius 3 is 2.16 bits per heavy atom. The molecule has 1 fully saturated rings. The number of nitrogens with zero attached hydrogens (tertiary/aromatic N) is 1. The topological polar surface area (TPSA) is 77.4 Å². The maximum atomic E-state index is 10.5. The van der Waals surface area contributed by atoms with Crippen molar-refractivity contribution in [1.29, 1.82) is 0 Å². The van der Waals surface area contributed by atoms with Crippen LogP contribution < -0.4 is 0 Å². The Morgan fingerprint density at radius 1 is 1.32 bits per heavy atom. The zero-order valence-corrected chi connectivity index (χ0v) is 12.4. The van der Waals surface area contributed by atoms with Crippen molar-refractivity contribution in [2.24, 2.45) is 0 Å². The lowest BCUT2D eigenvalue weighted by Crippen LogP contribution is -2.37. The predicted molar refractivity (Wildman–Crippen MR) is 71.6 cm³/mol. The van der Waals surface area contributed by atoms with Gasteiger partial charge in [0.05, 0.1) is 25.5 Å². The van der Waals surface area contributed by atoms with Crippen LogP contribution in [0.1, 0.15) is 12.0 Å². The highest BCUT2D eigenvalue weighted by molar-refractivity contribution is 7.85. The van der Waals surface area contributed by atoms with Crippen LogP contribution in [0.4, 0.5) is 0 Å². The summed E-state index contributed by atoms with van der Waals surface area (Å²) in [5.41, 5.74) is 0.488. The first-order valence-electron chi connectivity index (χ1n) is 6.13. The molecular formula is C13H21NO4S. The minimum absolute atomic E-state index is 0.0370. The Labute approximate surface area is 114 Å². The van der Waals surface area contributed by atoms with Crippen LogP contribution in [-0.2, 0) is 10.1 Å². The fourth-order valence-corrected chi connectivity index (χ4v) is 2.80. The van der Waals surface area contributed by atoms with Crippen LogP contribution in [0.15, 0.2) is 29.2 Å². The third-order valence-electron chi connectivity index (χ3n) is 3.14. The van der Waals surface area contributed by atoms with Gasteiger partial charge in [-0.15, -0.1) is 0 Å². The monoisotopic (exact) mass is 287 g/mol. The zero-order chi connectivity index (χ0) is 14.7. The molecule has 1 atom stereocenters. The number of aryl methyl sites for hydroxylation is 1. The molecule has 5 nitrogen and oxygen atoms in total. The first-order valence-corrected chi connectivity index (χ1v) is 7.54. The normalized spacial score (nSPS) is 21.6. The van der Waals surface area contributed by atoms with Crippen LogP contribution in [0.2, 0.25) is 0 Å². The van der Waals surface area contributed by atoms with E-state index in [0.717, 1.165) is 24.0 Å². The predicted octanol–water partition coefficient (Wildman–Crippen LogP) is 0.727. The standard InChI is InChI=1S/C7H8O3S.C6H14NO/c1-6-4-2-3-5-7(6)11(8,9)10;1-7(2)4-3-6(8)5-7/h2-5H,1H3,(H,8,9,10);6,8H,3-5H2,1-2H3/q;+1/p-1. The quantitative estimate of drug-likeness (QED) is 0.610. The van der Waals surface area contributed by atoms with Gasteiger partial charge in [0.2, 0.25) is 0 Å². The first-order chi connectivity index (χ1) is 8.62. The van der Waals surface area contributed by atoms with Crippen LogP contribution in [0.25, 0.3) is 0 Å². The lowest BCUT2D eigenvalue weighted by Gasteiger charge is -2.22. The van der Waals surface area contributed by atoms with E-state index in [1.807, 2.05) is 0 Å². The van der Waals surface area contributed by atoms with Gasteiger partial charge >= 0.3 is 0 Å². The summed E-state index contributed by atoms with van der Waals surface area (Å²) < 4.78 is 32.5. The summed E-state index contributed by atoms with van der Waals surface area (Å²) in [4.78, 5) is -0.139. The van der Waals surface area contributed by atoms with Crippen LogP contribution in [0, 0.1) is 6.92 Å². The summed E-state index contributed by atoms with van der Waals surface area (Å²) in [7, 11) is 0.0146.